The van der Waals surface area contributed by atoms with Crippen LogP contribution in [0.5, 0.6) is 11.5 Å². The van der Waals surface area contributed by atoms with E-state index in [4.69, 9.17) is 14.6 Å². The first-order valence-corrected chi connectivity index (χ1v) is 7.33. The lowest BCUT2D eigenvalue weighted by Gasteiger charge is -2.28. The van der Waals surface area contributed by atoms with Crippen LogP contribution in [0.25, 0.3) is 0 Å². The summed E-state index contributed by atoms with van der Waals surface area (Å²) in [4.78, 5) is 12.1. The van der Waals surface area contributed by atoms with E-state index in [2.05, 4.69) is 10.6 Å². The summed E-state index contributed by atoms with van der Waals surface area (Å²) < 4.78 is 10.6. The molecule has 6 heteroatoms. The minimum Gasteiger partial charge on any atom is -0.454 e. The zero-order valence-electron chi connectivity index (χ0n) is 11.8. The molecule has 0 spiro atoms. The molecule has 0 atom stereocenters. The summed E-state index contributed by atoms with van der Waals surface area (Å²) >= 11 is 0. The highest BCUT2D eigenvalue weighted by Gasteiger charge is 2.23. The molecule has 0 aromatic heterocycles. The summed E-state index contributed by atoms with van der Waals surface area (Å²) in [5.74, 6) is 1.61. The third-order valence-electron chi connectivity index (χ3n) is 4.08. The number of aliphatic hydroxyl groups excluding tert-OH is 1. The van der Waals surface area contributed by atoms with Crippen LogP contribution in [0.3, 0.4) is 0 Å². The molecule has 3 N–H and O–H groups in total. The molecule has 0 radical (unpaired) electrons. The van der Waals surface area contributed by atoms with Crippen LogP contribution in [0.15, 0.2) is 18.2 Å². The van der Waals surface area contributed by atoms with Gasteiger partial charge in [0.2, 0.25) is 6.79 Å². The van der Waals surface area contributed by atoms with Crippen LogP contribution in [0, 0.1) is 5.92 Å². The van der Waals surface area contributed by atoms with E-state index in [0.717, 1.165) is 25.7 Å². The standard InChI is InChI=1S/C15H20N2O4/c18-8-10-4-6-11(7-5-10)16-15(19)17-12-2-1-3-13-14(12)21-9-20-13/h1-3,10-11,18H,4-9H2,(H2,16,17,19). The second kappa shape index (κ2) is 6.22. The van der Waals surface area contributed by atoms with E-state index >= 15 is 0 Å². The van der Waals surface area contributed by atoms with Crippen molar-refractivity contribution in [3.63, 3.8) is 0 Å². The molecule has 21 heavy (non-hydrogen) atoms. The molecule has 114 valence electrons. The van der Waals surface area contributed by atoms with Crippen molar-refractivity contribution in [3.8, 4) is 11.5 Å². The fraction of sp³-hybridized carbons (Fsp3) is 0.533. The van der Waals surface area contributed by atoms with E-state index in [1.165, 1.54) is 0 Å². The number of fused-ring (bicyclic) bond motifs is 1. The van der Waals surface area contributed by atoms with Crippen molar-refractivity contribution >= 4 is 11.7 Å². The van der Waals surface area contributed by atoms with Crippen LogP contribution < -0.4 is 20.1 Å². The monoisotopic (exact) mass is 292 g/mol. The Labute approximate surface area is 123 Å². The Morgan fingerprint density at radius 1 is 1.24 bits per heavy atom. The lowest BCUT2D eigenvalue weighted by Crippen LogP contribution is -2.40. The number of benzene rings is 1. The van der Waals surface area contributed by atoms with E-state index in [1.807, 2.05) is 12.1 Å². The van der Waals surface area contributed by atoms with E-state index in [9.17, 15) is 4.79 Å². The van der Waals surface area contributed by atoms with Gasteiger partial charge in [0.1, 0.15) is 0 Å². The summed E-state index contributed by atoms with van der Waals surface area (Å²) in [6, 6.07) is 5.35. The van der Waals surface area contributed by atoms with Gasteiger partial charge in [-0.2, -0.15) is 0 Å². The smallest absolute Gasteiger partial charge is 0.319 e. The number of aliphatic hydroxyl groups is 1. The Balaban J connectivity index is 1.54. The predicted octanol–water partition coefficient (Wildman–Crippen LogP) is 2.09. The van der Waals surface area contributed by atoms with Crippen LogP contribution in [0.4, 0.5) is 10.5 Å². The molecular formula is C15H20N2O4. The van der Waals surface area contributed by atoms with Crippen molar-refractivity contribution in [2.24, 2.45) is 5.92 Å². The first-order valence-electron chi connectivity index (χ1n) is 7.33. The van der Waals surface area contributed by atoms with Gasteiger partial charge >= 0.3 is 6.03 Å². The van der Waals surface area contributed by atoms with Crippen molar-refractivity contribution in [1.29, 1.82) is 0 Å². The molecule has 0 bridgehead atoms. The Morgan fingerprint density at radius 2 is 2.05 bits per heavy atom. The fourth-order valence-corrected chi connectivity index (χ4v) is 2.86. The number of carbonyl (C=O) groups excluding carboxylic acids is 1. The highest BCUT2D eigenvalue weighted by Crippen LogP contribution is 2.38. The molecule has 2 amide bonds. The van der Waals surface area contributed by atoms with Gasteiger partial charge in [-0.3, -0.25) is 0 Å². The van der Waals surface area contributed by atoms with Crippen molar-refractivity contribution in [3.05, 3.63) is 18.2 Å². The third-order valence-corrected chi connectivity index (χ3v) is 4.08. The number of ether oxygens (including phenoxy) is 2. The minimum atomic E-state index is -0.230. The van der Waals surface area contributed by atoms with Crippen molar-refractivity contribution in [1.82, 2.24) is 5.32 Å². The van der Waals surface area contributed by atoms with Gasteiger partial charge in [-0.25, -0.2) is 4.79 Å². The van der Waals surface area contributed by atoms with Gasteiger partial charge in [0.25, 0.3) is 0 Å². The number of rotatable bonds is 3. The molecule has 1 aliphatic heterocycles. The zero-order valence-corrected chi connectivity index (χ0v) is 11.8. The number of nitrogens with one attached hydrogen (secondary N) is 2. The molecule has 1 saturated carbocycles. The number of para-hydroxylation sites is 1. The molecule has 3 rings (SSSR count). The van der Waals surface area contributed by atoms with Crippen LogP contribution in [-0.4, -0.2) is 30.6 Å². The van der Waals surface area contributed by atoms with Gasteiger partial charge < -0.3 is 25.2 Å². The Kier molecular flexibility index (Phi) is 4.15. The number of carbonyl (C=O) groups is 1. The van der Waals surface area contributed by atoms with Crippen molar-refractivity contribution in [2.45, 2.75) is 31.7 Å². The van der Waals surface area contributed by atoms with Gasteiger partial charge in [0, 0.05) is 12.6 Å². The lowest BCUT2D eigenvalue weighted by atomic mass is 9.87. The highest BCUT2D eigenvalue weighted by molar-refractivity contribution is 5.91. The number of amides is 2. The number of hydrogen-bond donors (Lipinski definition) is 3. The normalized spacial score (nSPS) is 23.7. The molecule has 0 unspecified atom stereocenters. The number of hydrogen-bond acceptors (Lipinski definition) is 4. The van der Waals surface area contributed by atoms with Crippen molar-refractivity contribution < 1.29 is 19.4 Å². The van der Waals surface area contributed by atoms with Crippen molar-refractivity contribution in [2.75, 3.05) is 18.7 Å². The van der Waals surface area contributed by atoms with E-state index < -0.39 is 0 Å². The van der Waals surface area contributed by atoms with Gasteiger partial charge in [0.05, 0.1) is 5.69 Å². The summed E-state index contributed by atoms with van der Waals surface area (Å²) in [6.45, 7) is 0.424. The molecule has 1 aromatic rings. The van der Waals surface area contributed by atoms with E-state index in [0.29, 0.717) is 23.1 Å². The molecule has 1 aliphatic carbocycles. The topological polar surface area (TPSA) is 79.8 Å². The Morgan fingerprint density at radius 3 is 2.81 bits per heavy atom. The van der Waals surface area contributed by atoms with E-state index in [1.54, 1.807) is 6.07 Å². The number of urea groups is 1. The zero-order chi connectivity index (χ0) is 14.7. The summed E-state index contributed by atoms with van der Waals surface area (Å²) in [7, 11) is 0. The first kappa shape index (κ1) is 14.0. The molecule has 1 aromatic carbocycles. The average Bonchev–Trinajstić information content (AvgIpc) is 2.97. The summed E-state index contributed by atoms with van der Waals surface area (Å²) in [5.41, 5.74) is 0.617. The Bertz CT molecular complexity index is 512. The average molecular weight is 292 g/mol. The molecule has 1 heterocycles. The minimum absolute atomic E-state index is 0.168. The molecule has 2 aliphatic rings. The van der Waals surface area contributed by atoms with E-state index in [-0.39, 0.29) is 25.5 Å². The number of anilines is 1. The molecule has 6 nitrogen and oxygen atoms in total. The second-order valence-electron chi connectivity index (χ2n) is 5.54. The van der Waals surface area contributed by atoms with Crippen LogP contribution in [0.1, 0.15) is 25.7 Å². The second-order valence-corrected chi connectivity index (χ2v) is 5.54. The quantitative estimate of drug-likeness (QED) is 0.797. The molecule has 1 fully saturated rings. The van der Waals surface area contributed by atoms with Gasteiger partial charge in [-0.15, -0.1) is 0 Å². The summed E-state index contributed by atoms with van der Waals surface area (Å²) in [6.07, 6.45) is 3.73. The third kappa shape index (κ3) is 3.21. The SMILES string of the molecule is O=C(Nc1cccc2c1OCO2)NC1CCC(CO)CC1. The maximum atomic E-state index is 12.1. The largest absolute Gasteiger partial charge is 0.454 e. The van der Waals surface area contributed by atoms with Crippen LogP contribution >= 0.6 is 0 Å². The fourth-order valence-electron chi connectivity index (χ4n) is 2.86. The maximum absolute atomic E-state index is 12.1. The highest BCUT2D eigenvalue weighted by atomic mass is 16.7. The molecular weight excluding hydrogens is 272 g/mol. The van der Waals surface area contributed by atoms with Gasteiger partial charge in [-0.05, 0) is 43.7 Å². The maximum Gasteiger partial charge on any atom is 0.319 e. The summed E-state index contributed by atoms with van der Waals surface area (Å²) in [5, 5.41) is 14.9. The van der Waals surface area contributed by atoms with Gasteiger partial charge in [-0.1, -0.05) is 6.07 Å². The van der Waals surface area contributed by atoms with Crippen LogP contribution in [0.2, 0.25) is 0 Å². The lowest BCUT2D eigenvalue weighted by molar-refractivity contribution is 0.173. The first-order chi connectivity index (χ1) is 10.3. The predicted molar refractivity (Wildman–Crippen MR) is 77.6 cm³/mol. The Hall–Kier alpha value is -1.95. The van der Waals surface area contributed by atoms with Crippen LogP contribution in [-0.2, 0) is 0 Å². The molecule has 0 saturated heterocycles. The van der Waals surface area contributed by atoms with Gasteiger partial charge in [0.15, 0.2) is 11.5 Å².